The third kappa shape index (κ3) is 6.84. The summed E-state index contributed by atoms with van der Waals surface area (Å²) in [7, 11) is -4.63. The number of benzene rings is 3. The van der Waals surface area contributed by atoms with E-state index in [2.05, 4.69) is 15.5 Å². The fraction of sp³-hybridized carbons (Fsp3) is 0. The molecule has 15 nitrogen and oxygen atoms in total. The summed E-state index contributed by atoms with van der Waals surface area (Å²) in [5.74, 6) is 0. The Morgan fingerprint density at radius 3 is 1.69 bits per heavy atom. The molecule has 1 N–H and O–H groups in total. The zero-order chi connectivity index (χ0) is 25.0. The van der Waals surface area contributed by atoms with Gasteiger partial charge < -0.3 is 9.87 Å². The van der Waals surface area contributed by atoms with Crippen LogP contribution in [0.15, 0.2) is 75.8 Å². The molecule has 0 atom stereocenters. The summed E-state index contributed by atoms with van der Waals surface area (Å²) in [6.45, 7) is 0. The van der Waals surface area contributed by atoms with E-state index in [-0.39, 0.29) is 52.3 Å². The normalized spacial score (nSPS) is 11.0. The second-order valence-electron chi connectivity index (χ2n) is 6.45. The number of anilines is 2. The fourth-order valence-electron chi connectivity index (χ4n) is 2.67. The summed E-state index contributed by atoms with van der Waals surface area (Å²) in [6, 6.07) is 10.8. The molecule has 3 aromatic carbocycles. The van der Waals surface area contributed by atoms with E-state index in [1.807, 2.05) is 0 Å². The SMILES string of the molecule is O=[N+]([O-])c1ccc(Nc2ccc(N=Nc3ccc(S(=O)(=O)[O-])cc3)cc2[N+](=O)[O-])c([N+](=O)[O-])c1.[Na+]. The van der Waals surface area contributed by atoms with Crippen molar-refractivity contribution in [2.75, 3.05) is 5.32 Å². The number of rotatable bonds is 8. The van der Waals surface area contributed by atoms with Gasteiger partial charge in [-0.2, -0.15) is 10.2 Å². The standard InChI is InChI=1S/C18H12N6O9S.Na/c25-22(26)13-4-8-16(18(10-13)24(29)30)19-15-7-3-12(9-17(15)23(27)28)21-20-11-1-5-14(6-2-11)34(31,32)33;/h1-10,19H,(H,31,32,33);/q;+1/p-1. The molecule has 0 aromatic heterocycles. The van der Waals surface area contributed by atoms with Gasteiger partial charge in [-0.15, -0.1) is 0 Å². The van der Waals surface area contributed by atoms with Crippen molar-refractivity contribution < 1.29 is 57.3 Å². The van der Waals surface area contributed by atoms with Crippen LogP contribution in [0.25, 0.3) is 0 Å². The molecule has 0 aliphatic rings. The number of hydrogen-bond acceptors (Lipinski definition) is 12. The molecule has 0 amide bonds. The van der Waals surface area contributed by atoms with E-state index in [4.69, 9.17) is 0 Å². The van der Waals surface area contributed by atoms with Crippen molar-refractivity contribution >= 4 is 49.9 Å². The van der Waals surface area contributed by atoms with Crippen molar-refractivity contribution in [3.63, 3.8) is 0 Å². The van der Waals surface area contributed by atoms with E-state index < -0.39 is 46.8 Å². The summed E-state index contributed by atoms with van der Waals surface area (Å²) in [5.41, 5.74) is -1.86. The Balaban J connectivity index is 0.00000432. The quantitative estimate of drug-likeness (QED) is 0.151. The van der Waals surface area contributed by atoms with Gasteiger partial charge in [-0.25, -0.2) is 8.42 Å². The maximum Gasteiger partial charge on any atom is 1.00 e. The molecule has 0 aliphatic carbocycles. The molecule has 35 heavy (non-hydrogen) atoms. The zero-order valence-corrected chi connectivity index (χ0v) is 20.4. The number of nitrogens with one attached hydrogen (secondary N) is 1. The molecule has 17 heteroatoms. The van der Waals surface area contributed by atoms with Crippen molar-refractivity contribution in [1.29, 1.82) is 0 Å². The Morgan fingerprint density at radius 1 is 0.686 bits per heavy atom. The van der Waals surface area contributed by atoms with E-state index in [1.54, 1.807) is 0 Å². The Labute approximate surface area is 218 Å². The summed E-state index contributed by atoms with van der Waals surface area (Å²) in [4.78, 5) is 30.8. The van der Waals surface area contributed by atoms with Crippen molar-refractivity contribution in [3.8, 4) is 0 Å². The fourth-order valence-corrected chi connectivity index (χ4v) is 3.14. The molecule has 0 unspecified atom stereocenters. The Hall–Kier alpha value is -3.83. The first kappa shape index (κ1) is 27.4. The second-order valence-corrected chi connectivity index (χ2v) is 7.83. The van der Waals surface area contributed by atoms with Gasteiger partial charge in [-0.1, -0.05) is 0 Å². The van der Waals surface area contributed by atoms with Crippen molar-refractivity contribution in [3.05, 3.63) is 91.0 Å². The molecule has 0 saturated heterocycles. The summed E-state index contributed by atoms with van der Waals surface area (Å²) in [5, 5.41) is 43.8. The van der Waals surface area contributed by atoms with Crippen LogP contribution in [0.5, 0.6) is 0 Å². The van der Waals surface area contributed by atoms with Gasteiger partial charge in [-0.3, -0.25) is 30.3 Å². The van der Waals surface area contributed by atoms with Crippen LogP contribution < -0.4 is 34.9 Å². The first-order chi connectivity index (χ1) is 16.0. The third-order valence-corrected chi connectivity index (χ3v) is 5.09. The van der Waals surface area contributed by atoms with Gasteiger partial charge in [0.05, 0.1) is 37.1 Å². The topological polar surface area (TPSA) is 223 Å². The molecule has 3 aromatic rings. The molecule has 0 fully saturated rings. The van der Waals surface area contributed by atoms with Gasteiger partial charge in [0.2, 0.25) is 0 Å². The summed E-state index contributed by atoms with van der Waals surface area (Å²) in [6.07, 6.45) is 0. The maximum absolute atomic E-state index is 11.5. The van der Waals surface area contributed by atoms with Gasteiger partial charge in [0.15, 0.2) is 0 Å². The van der Waals surface area contributed by atoms with Crippen LogP contribution in [-0.2, 0) is 10.1 Å². The molecular weight excluding hydrogens is 499 g/mol. The van der Waals surface area contributed by atoms with Gasteiger partial charge in [0.1, 0.15) is 21.5 Å². The molecule has 0 heterocycles. The zero-order valence-electron chi connectivity index (χ0n) is 17.6. The van der Waals surface area contributed by atoms with E-state index in [0.29, 0.717) is 0 Å². The molecule has 0 saturated carbocycles. The van der Waals surface area contributed by atoms with Gasteiger partial charge in [0, 0.05) is 12.1 Å². The van der Waals surface area contributed by atoms with Crippen molar-refractivity contribution in [2.45, 2.75) is 4.90 Å². The van der Waals surface area contributed by atoms with E-state index in [9.17, 15) is 43.3 Å². The Kier molecular flexibility index (Phi) is 8.67. The van der Waals surface area contributed by atoms with E-state index in [0.717, 1.165) is 36.4 Å². The number of azo groups is 1. The number of nitro benzene ring substituents is 3. The minimum absolute atomic E-state index is 0. The monoisotopic (exact) mass is 510 g/mol. The molecular formula is C18H11N6NaO9S. The average Bonchev–Trinajstić information content (AvgIpc) is 2.77. The second kappa shape index (κ2) is 11.1. The predicted molar refractivity (Wildman–Crippen MR) is 115 cm³/mol. The average molecular weight is 510 g/mol. The Bertz CT molecular complexity index is 1450. The predicted octanol–water partition coefficient (Wildman–Crippen LogP) is 1.48. The number of non-ortho nitro benzene ring substituents is 1. The first-order valence-corrected chi connectivity index (χ1v) is 10.3. The van der Waals surface area contributed by atoms with E-state index in [1.165, 1.54) is 24.3 Å². The van der Waals surface area contributed by atoms with Crippen LogP contribution in [0.3, 0.4) is 0 Å². The summed E-state index contributed by atoms with van der Waals surface area (Å²) >= 11 is 0. The van der Waals surface area contributed by atoms with Gasteiger partial charge >= 0.3 is 29.6 Å². The smallest absolute Gasteiger partial charge is 0.744 e. The molecule has 174 valence electrons. The van der Waals surface area contributed by atoms with Crippen molar-refractivity contribution in [2.24, 2.45) is 10.2 Å². The largest absolute Gasteiger partial charge is 1.00 e. The van der Waals surface area contributed by atoms with Crippen LogP contribution in [0.2, 0.25) is 0 Å². The Morgan fingerprint density at radius 2 is 1.17 bits per heavy atom. The number of nitrogens with zero attached hydrogens (tertiary/aromatic N) is 5. The van der Waals surface area contributed by atoms with Crippen LogP contribution in [0.1, 0.15) is 0 Å². The van der Waals surface area contributed by atoms with Gasteiger partial charge in [-0.05, 0) is 42.5 Å². The number of hydrogen-bond donors (Lipinski definition) is 1. The summed E-state index contributed by atoms with van der Waals surface area (Å²) < 4.78 is 32.8. The number of nitro groups is 3. The van der Waals surface area contributed by atoms with Crippen LogP contribution in [0, 0.1) is 30.3 Å². The maximum atomic E-state index is 11.5. The van der Waals surface area contributed by atoms with Crippen LogP contribution in [-0.4, -0.2) is 27.7 Å². The first-order valence-electron chi connectivity index (χ1n) is 8.92. The van der Waals surface area contributed by atoms with Crippen LogP contribution in [0.4, 0.5) is 39.8 Å². The van der Waals surface area contributed by atoms with Gasteiger partial charge in [0.25, 0.3) is 17.1 Å². The molecule has 3 rings (SSSR count). The molecule has 0 bridgehead atoms. The minimum Gasteiger partial charge on any atom is -0.744 e. The third-order valence-electron chi connectivity index (χ3n) is 4.24. The van der Waals surface area contributed by atoms with Crippen molar-refractivity contribution in [1.82, 2.24) is 0 Å². The minimum atomic E-state index is -4.63. The molecule has 0 spiro atoms. The van der Waals surface area contributed by atoms with Crippen LogP contribution >= 0.6 is 0 Å². The molecule has 0 aliphatic heterocycles. The molecule has 0 radical (unpaired) electrons. The van der Waals surface area contributed by atoms with E-state index >= 15 is 0 Å².